The summed E-state index contributed by atoms with van der Waals surface area (Å²) in [6.45, 7) is 10.1. The van der Waals surface area contributed by atoms with E-state index in [2.05, 4.69) is 40.8 Å². The molecule has 10 heteroatoms. The fourth-order valence-corrected chi connectivity index (χ4v) is 4.65. The zero-order chi connectivity index (χ0) is 27.2. The minimum Gasteiger partial charge on any atom is -0.478 e. The minimum absolute atomic E-state index is 0.0710. The van der Waals surface area contributed by atoms with Gasteiger partial charge in [0.15, 0.2) is 0 Å². The zero-order valence-electron chi connectivity index (χ0n) is 22.0. The van der Waals surface area contributed by atoms with Crippen LogP contribution in [0.1, 0.15) is 42.3 Å². The molecule has 0 bridgehead atoms. The quantitative estimate of drug-likeness (QED) is 0.307. The molecule has 1 unspecified atom stereocenters. The third-order valence-electron chi connectivity index (χ3n) is 7.17. The Morgan fingerprint density at radius 2 is 1.66 bits per heavy atom. The molecule has 3 aromatic rings. The van der Waals surface area contributed by atoms with Crippen LogP contribution in [0.5, 0.6) is 0 Å². The van der Waals surface area contributed by atoms with Gasteiger partial charge in [-0.3, -0.25) is 15.0 Å². The lowest BCUT2D eigenvalue weighted by molar-refractivity contribution is -0.383. The summed E-state index contributed by atoms with van der Waals surface area (Å²) in [5.74, 6) is -0.200. The molecule has 1 fully saturated rings. The number of carbonyl (C=O) groups is 1. The van der Waals surface area contributed by atoms with E-state index in [0.29, 0.717) is 25.5 Å². The Kier molecular flexibility index (Phi) is 8.52. The SMILES string of the molecule is CC(C)C(C)N(Cc1ccc(C(=O)O)cc1)c1ncnc(N2CCN(Cc3ccccc3)CC2)c1[N+](=O)[O-]. The van der Waals surface area contributed by atoms with E-state index in [0.717, 1.165) is 25.2 Å². The first-order valence-corrected chi connectivity index (χ1v) is 12.8. The molecule has 1 atom stereocenters. The van der Waals surface area contributed by atoms with Crippen molar-refractivity contribution in [1.82, 2.24) is 14.9 Å². The summed E-state index contributed by atoms with van der Waals surface area (Å²) in [5.41, 5.74) is 2.18. The van der Waals surface area contributed by atoms with Gasteiger partial charge in [-0.05, 0) is 36.1 Å². The van der Waals surface area contributed by atoms with Gasteiger partial charge in [0, 0.05) is 45.3 Å². The summed E-state index contributed by atoms with van der Waals surface area (Å²) in [4.78, 5) is 38.4. The second-order valence-electron chi connectivity index (χ2n) is 9.99. The van der Waals surface area contributed by atoms with Gasteiger partial charge in [-0.25, -0.2) is 14.8 Å². The van der Waals surface area contributed by atoms with Crippen LogP contribution in [0.3, 0.4) is 0 Å². The van der Waals surface area contributed by atoms with E-state index < -0.39 is 5.97 Å². The number of hydrogen-bond acceptors (Lipinski definition) is 8. The number of anilines is 2. The third-order valence-corrected chi connectivity index (χ3v) is 7.17. The van der Waals surface area contributed by atoms with Gasteiger partial charge < -0.3 is 14.9 Å². The second kappa shape index (κ2) is 12.0. The van der Waals surface area contributed by atoms with Crippen molar-refractivity contribution in [2.45, 2.75) is 39.9 Å². The Morgan fingerprint density at radius 1 is 1.00 bits per heavy atom. The smallest absolute Gasteiger partial charge is 0.353 e. The van der Waals surface area contributed by atoms with E-state index in [1.807, 2.05) is 34.9 Å². The Labute approximate surface area is 222 Å². The lowest BCUT2D eigenvalue weighted by Gasteiger charge is -2.36. The van der Waals surface area contributed by atoms with Gasteiger partial charge in [-0.1, -0.05) is 56.3 Å². The summed E-state index contributed by atoms with van der Waals surface area (Å²) in [6, 6.07) is 16.8. The number of benzene rings is 2. The highest BCUT2D eigenvalue weighted by Crippen LogP contribution is 2.37. The molecule has 38 heavy (non-hydrogen) atoms. The fourth-order valence-electron chi connectivity index (χ4n) is 4.65. The highest BCUT2D eigenvalue weighted by atomic mass is 16.6. The fraction of sp³-hybridized carbons (Fsp3) is 0.393. The highest BCUT2D eigenvalue weighted by molar-refractivity contribution is 5.87. The van der Waals surface area contributed by atoms with Crippen molar-refractivity contribution in [3.05, 3.63) is 87.7 Å². The monoisotopic (exact) mass is 518 g/mol. The number of hydrogen-bond donors (Lipinski definition) is 1. The molecular formula is C28H34N6O4. The normalized spacial score (nSPS) is 14.9. The molecule has 200 valence electrons. The van der Waals surface area contributed by atoms with E-state index >= 15 is 0 Å². The molecule has 1 aliphatic heterocycles. The third kappa shape index (κ3) is 6.25. The molecule has 0 aliphatic carbocycles. The topological polar surface area (TPSA) is 116 Å². The van der Waals surface area contributed by atoms with Crippen molar-refractivity contribution in [3.8, 4) is 0 Å². The van der Waals surface area contributed by atoms with E-state index in [1.165, 1.54) is 11.9 Å². The van der Waals surface area contributed by atoms with Crippen molar-refractivity contribution in [2.24, 2.45) is 5.92 Å². The maximum Gasteiger partial charge on any atom is 0.353 e. The number of carboxylic acid groups (broad SMARTS) is 1. The number of aromatic nitrogens is 2. The maximum absolute atomic E-state index is 12.5. The molecule has 0 radical (unpaired) electrons. The molecule has 2 heterocycles. The van der Waals surface area contributed by atoms with Gasteiger partial charge in [0.2, 0.25) is 11.6 Å². The van der Waals surface area contributed by atoms with Crippen LogP contribution in [-0.4, -0.2) is 63.1 Å². The molecule has 1 saturated heterocycles. The standard InChI is InChI=1S/C28H34N6O4/c1-20(2)21(3)33(18-23-9-11-24(12-10-23)28(35)36)27-25(34(37)38)26(29-19-30-27)32-15-13-31(14-16-32)17-22-7-5-4-6-8-22/h4-12,19-21H,13-18H2,1-3H3,(H,35,36). The molecule has 1 aliphatic rings. The van der Waals surface area contributed by atoms with Gasteiger partial charge in [-0.15, -0.1) is 0 Å². The second-order valence-corrected chi connectivity index (χ2v) is 9.99. The first-order valence-electron chi connectivity index (χ1n) is 12.8. The molecule has 0 saturated carbocycles. The summed E-state index contributed by atoms with van der Waals surface area (Å²) < 4.78 is 0. The molecule has 1 N–H and O–H groups in total. The first-order chi connectivity index (χ1) is 18.2. The van der Waals surface area contributed by atoms with Crippen LogP contribution in [-0.2, 0) is 13.1 Å². The Morgan fingerprint density at radius 3 is 2.24 bits per heavy atom. The number of nitro groups is 1. The molecule has 1 aromatic heterocycles. The van der Waals surface area contributed by atoms with Gasteiger partial charge in [-0.2, -0.15) is 0 Å². The van der Waals surface area contributed by atoms with Crippen molar-refractivity contribution >= 4 is 23.3 Å². The van der Waals surface area contributed by atoms with Gasteiger partial charge in [0.1, 0.15) is 6.33 Å². The number of aromatic carboxylic acids is 1. The average Bonchev–Trinajstić information content (AvgIpc) is 2.92. The summed E-state index contributed by atoms with van der Waals surface area (Å²) in [5, 5.41) is 21.7. The van der Waals surface area contributed by atoms with Crippen LogP contribution in [0, 0.1) is 16.0 Å². The van der Waals surface area contributed by atoms with E-state index in [9.17, 15) is 20.0 Å². The molecule has 2 aromatic carbocycles. The number of carboxylic acids is 1. The van der Waals surface area contributed by atoms with Crippen LogP contribution >= 0.6 is 0 Å². The van der Waals surface area contributed by atoms with Crippen LogP contribution in [0.25, 0.3) is 0 Å². The van der Waals surface area contributed by atoms with Gasteiger partial charge in [0.05, 0.1) is 10.5 Å². The number of rotatable bonds is 10. The van der Waals surface area contributed by atoms with Crippen LogP contribution in [0.2, 0.25) is 0 Å². The van der Waals surface area contributed by atoms with Crippen molar-refractivity contribution in [3.63, 3.8) is 0 Å². The summed E-state index contributed by atoms with van der Waals surface area (Å²) in [6.07, 6.45) is 1.40. The molecule has 4 rings (SSSR count). The van der Waals surface area contributed by atoms with Crippen molar-refractivity contribution < 1.29 is 14.8 Å². The maximum atomic E-state index is 12.5. The molecule has 0 spiro atoms. The van der Waals surface area contributed by atoms with E-state index in [4.69, 9.17) is 0 Å². The zero-order valence-corrected chi connectivity index (χ0v) is 22.0. The molecular weight excluding hydrogens is 484 g/mol. The van der Waals surface area contributed by atoms with Crippen LogP contribution in [0.4, 0.5) is 17.3 Å². The Bertz CT molecular complexity index is 1240. The van der Waals surface area contributed by atoms with Gasteiger partial charge in [0.25, 0.3) is 0 Å². The largest absolute Gasteiger partial charge is 0.478 e. The predicted octanol–water partition coefficient (Wildman–Crippen LogP) is 4.46. The summed E-state index contributed by atoms with van der Waals surface area (Å²) >= 11 is 0. The van der Waals surface area contributed by atoms with E-state index in [-0.39, 0.29) is 34.0 Å². The van der Waals surface area contributed by atoms with Crippen molar-refractivity contribution in [2.75, 3.05) is 36.0 Å². The minimum atomic E-state index is -0.996. The van der Waals surface area contributed by atoms with Crippen molar-refractivity contribution in [1.29, 1.82) is 0 Å². The van der Waals surface area contributed by atoms with Crippen LogP contribution < -0.4 is 9.80 Å². The first kappa shape index (κ1) is 27.0. The highest BCUT2D eigenvalue weighted by Gasteiger charge is 2.34. The molecule has 10 nitrogen and oxygen atoms in total. The lowest BCUT2D eigenvalue weighted by Crippen LogP contribution is -2.46. The lowest BCUT2D eigenvalue weighted by atomic mass is 10.0. The number of piperazine rings is 1. The Hall–Kier alpha value is -4.05. The molecule has 0 amide bonds. The Balaban J connectivity index is 1.60. The predicted molar refractivity (Wildman–Crippen MR) is 147 cm³/mol. The van der Waals surface area contributed by atoms with Gasteiger partial charge >= 0.3 is 11.7 Å². The summed E-state index contributed by atoms with van der Waals surface area (Å²) in [7, 11) is 0. The van der Waals surface area contributed by atoms with Crippen LogP contribution in [0.15, 0.2) is 60.9 Å². The van der Waals surface area contributed by atoms with E-state index in [1.54, 1.807) is 24.3 Å². The average molecular weight is 519 g/mol. The number of nitrogens with zero attached hydrogens (tertiary/aromatic N) is 6.